The number of ether oxygens (including phenoxy) is 1. The van der Waals surface area contributed by atoms with Crippen molar-refractivity contribution in [3.05, 3.63) is 63.4 Å². The van der Waals surface area contributed by atoms with E-state index in [4.69, 9.17) is 21.3 Å². The van der Waals surface area contributed by atoms with Crippen LogP contribution in [0.25, 0.3) is 10.6 Å². The minimum absolute atomic E-state index is 0.0186. The van der Waals surface area contributed by atoms with Gasteiger partial charge in [0, 0.05) is 47.4 Å². The van der Waals surface area contributed by atoms with E-state index < -0.39 is 5.60 Å². The Morgan fingerprint density at radius 1 is 1.19 bits per heavy atom. The number of fused-ring (bicyclic) bond motifs is 2. The smallest absolute Gasteiger partial charge is 0.410 e. The predicted octanol–water partition coefficient (Wildman–Crippen LogP) is 5.89. The summed E-state index contributed by atoms with van der Waals surface area (Å²) in [6, 6.07) is 8.18. The summed E-state index contributed by atoms with van der Waals surface area (Å²) in [5.41, 5.74) is 4.97. The van der Waals surface area contributed by atoms with E-state index in [9.17, 15) is 4.79 Å². The number of nitrogens with zero attached hydrogens (tertiary/aromatic N) is 3. The van der Waals surface area contributed by atoms with Crippen molar-refractivity contribution < 1.29 is 9.53 Å². The Morgan fingerprint density at radius 2 is 1.90 bits per heavy atom. The molecular formula is C24H27BrClN3O2. The molecule has 4 rings (SSSR count). The molecule has 0 unspecified atom stereocenters. The van der Waals surface area contributed by atoms with Gasteiger partial charge in [-0.05, 0) is 68.7 Å². The van der Waals surface area contributed by atoms with Gasteiger partial charge in [-0.3, -0.25) is 9.88 Å². The molecule has 2 aliphatic rings. The number of aromatic nitrogens is 1. The molecule has 1 aliphatic heterocycles. The fraction of sp³-hybridized carbons (Fsp3) is 0.417. The molecule has 2 heterocycles. The minimum atomic E-state index is -0.494. The monoisotopic (exact) mass is 503 g/mol. The topological polar surface area (TPSA) is 45.7 Å². The number of hydrogen-bond acceptors (Lipinski definition) is 4. The van der Waals surface area contributed by atoms with Gasteiger partial charge in [0.2, 0.25) is 0 Å². The summed E-state index contributed by atoms with van der Waals surface area (Å²) in [5, 5.41) is 0.707. The van der Waals surface area contributed by atoms with Crippen molar-refractivity contribution >= 4 is 44.2 Å². The molecule has 31 heavy (non-hydrogen) atoms. The van der Waals surface area contributed by atoms with Crippen LogP contribution in [0.3, 0.4) is 0 Å². The van der Waals surface area contributed by atoms with Crippen molar-refractivity contribution in [2.24, 2.45) is 0 Å². The molecular weight excluding hydrogens is 478 g/mol. The van der Waals surface area contributed by atoms with E-state index in [2.05, 4.69) is 46.0 Å². The summed E-state index contributed by atoms with van der Waals surface area (Å²) in [5.74, 6) is 0. The molecule has 1 aliphatic carbocycles. The van der Waals surface area contributed by atoms with Gasteiger partial charge in [-0.1, -0.05) is 33.6 Å². The Bertz CT molecular complexity index is 1040. The van der Waals surface area contributed by atoms with Crippen LogP contribution >= 0.6 is 27.5 Å². The molecule has 1 fully saturated rings. The van der Waals surface area contributed by atoms with Crippen LogP contribution in [0.1, 0.15) is 54.8 Å². The third kappa shape index (κ3) is 4.81. The zero-order valence-corrected chi connectivity index (χ0v) is 20.6. The van der Waals surface area contributed by atoms with Crippen molar-refractivity contribution in [3.8, 4) is 0 Å². The Labute approximate surface area is 197 Å². The lowest BCUT2D eigenvalue weighted by Crippen LogP contribution is -2.51. The summed E-state index contributed by atoms with van der Waals surface area (Å²) in [6.07, 6.45) is 3.79. The first-order valence-electron chi connectivity index (χ1n) is 10.5. The van der Waals surface area contributed by atoms with Gasteiger partial charge in [0.15, 0.2) is 0 Å². The quantitative estimate of drug-likeness (QED) is 0.486. The molecule has 1 saturated heterocycles. The van der Waals surface area contributed by atoms with E-state index in [0.717, 1.165) is 40.0 Å². The number of pyridine rings is 1. The SMILES string of the molecule is Cc1cnc2c(c1)C(Br)=Cc1cc(Cl)ccc1[C@H]2N1CCN(C(=O)OC(C)(C)C)CC1. The number of aryl methyl sites for hydroxylation is 1. The van der Waals surface area contributed by atoms with E-state index in [1.807, 2.05) is 39.1 Å². The molecule has 164 valence electrons. The van der Waals surface area contributed by atoms with Gasteiger partial charge in [0.1, 0.15) is 5.60 Å². The van der Waals surface area contributed by atoms with Crippen LogP contribution < -0.4 is 0 Å². The maximum absolute atomic E-state index is 12.5. The number of carbonyl (C=O) groups excluding carboxylic acids is 1. The zero-order valence-electron chi connectivity index (χ0n) is 18.3. The van der Waals surface area contributed by atoms with E-state index in [1.54, 1.807) is 4.90 Å². The van der Waals surface area contributed by atoms with Crippen molar-refractivity contribution in [2.45, 2.75) is 39.3 Å². The number of halogens is 2. The lowest BCUT2D eigenvalue weighted by Gasteiger charge is -2.40. The molecule has 0 saturated carbocycles. The van der Waals surface area contributed by atoms with E-state index >= 15 is 0 Å². The highest BCUT2D eigenvalue weighted by molar-refractivity contribution is 9.15. The Kier molecular flexibility index (Phi) is 6.16. The van der Waals surface area contributed by atoms with Gasteiger partial charge in [-0.2, -0.15) is 0 Å². The summed E-state index contributed by atoms with van der Waals surface area (Å²) in [7, 11) is 0. The van der Waals surface area contributed by atoms with E-state index in [-0.39, 0.29) is 12.1 Å². The highest BCUT2D eigenvalue weighted by Gasteiger charge is 2.34. The van der Waals surface area contributed by atoms with Gasteiger partial charge in [0.05, 0.1) is 11.7 Å². The second-order valence-electron chi connectivity index (χ2n) is 9.12. The first-order chi connectivity index (χ1) is 14.6. The summed E-state index contributed by atoms with van der Waals surface area (Å²) < 4.78 is 6.56. The molecule has 0 bridgehead atoms. The third-order valence-electron chi connectivity index (χ3n) is 5.53. The first kappa shape index (κ1) is 22.3. The van der Waals surface area contributed by atoms with E-state index in [1.165, 1.54) is 5.56 Å². The number of carbonyl (C=O) groups is 1. The second-order valence-corrected chi connectivity index (χ2v) is 10.4. The minimum Gasteiger partial charge on any atom is -0.444 e. The van der Waals surface area contributed by atoms with Gasteiger partial charge in [0.25, 0.3) is 0 Å². The Morgan fingerprint density at radius 3 is 2.58 bits per heavy atom. The van der Waals surface area contributed by atoms with Crippen LogP contribution in [-0.2, 0) is 4.74 Å². The zero-order chi connectivity index (χ0) is 22.3. The predicted molar refractivity (Wildman–Crippen MR) is 128 cm³/mol. The molecule has 5 nitrogen and oxygen atoms in total. The van der Waals surface area contributed by atoms with Crippen LogP contribution in [0.5, 0.6) is 0 Å². The molecule has 0 spiro atoms. The standard InChI is InChI=1S/C24H27BrClN3O2/c1-15-11-19-20(25)13-16-12-17(26)5-6-18(16)22(21(19)27-14-15)28-7-9-29(10-8-28)23(30)31-24(2,3)4/h5-6,11-14,22H,7-10H2,1-4H3/t22-/m1/s1. The molecule has 1 atom stereocenters. The molecule has 1 amide bonds. The van der Waals surface area contributed by atoms with Crippen molar-refractivity contribution in [1.29, 1.82) is 0 Å². The van der Waals surface area contributed by atoms with Crippen molar-refractivity contribution in [2.75, 3.05) is 26.2 Å². The van der Waals surface area contributed by atoms with Gasteiger partial charge in [-0.25, -0.2) is 4.79 Å². The summed E-state index contributed by atoms with van der Waals surface area (Å²) >= 11 is 10.1. The number of piperazine rings is 1. The van der Waals surface area contributed by atoms with Crippen LogP contribution in [0.15, 0.2) is 30.5 Å². The maximum atomic E-state index is 12.5. The molecule has 7 heteroatoms. The fourth-order valence-corrected chi connectivity index (χ4v) is 4.87. The number of amides is 1. The maximum Gasteiger partial charge on any atom is 0.410 e. The molecule has 0 N–H and O–H groups in total. The molecule has 1 aromatic heterocycles. The molecule has 0 radical (unpaired) electrons. The van der Waals surface area contributed by atoms with Crippen LogP contribution in [0, 0.1) is 6.92 Å². The number of rotatable bonds is 1. The normalized spacial score (nSPS) is 19.2. The molecule has 2 aromatic rings. The number of hydrogen-bond donors (Lipinski definition) is 0. The summed E-state index contributed by atoms with van der Waals surface area (Å²) in [4.78, 5) is 21.6. The van der Waals surface area contributed by atoms with Crippen molar-refractivity contribution in [1.82, 2.24) is 14.8 Å². The highest BCUT2D eigenvalue weighted by Crippen LogP contribution is 2.42. The largest absolute Gasteiger partial charge is 0.444 e. The van der Waals surface area contributed by atoms with Crippen LogP contribution in [0.2, 0.25) is 5.02 Å². The lowest BCUT2D eigenvalue weighted by atomic mass is 9.95. The number of benzene rings is 1. The van der Waals surface area contributed by atoms with Crippen LogP contribution in [0.4, 0.5) is 4.79 Å². The Hall–Kier alpha value is -1.89. The van der Waals surface area contributed by atoms with Gasteiger partial charge in [-0.15, -0.1) is 0 Å². The third-order valence-corrected chi connectivity index (χ3v) is 6.42. The first-order valence-corrected chi connectivity index (χ1v) is 11.6. The van der Waals surface area contributed by atoms with Gasteiger partial charge < -0.3 is 9.64 Å². The lowest BCUT2D eigenvalue weighted by molar-refractivity contribution is 0.0118. The Balaban J connectivity index is 1.67. The van der Waals surface area contributed by atoms with Crippen molar-refractivity contribution in [3.63, 3.8) is 0 Å². The van der Waals surface area contributed by atoms with Gasteiger partial charge >= 0.3 is 6.09 Å². The summed E-state index contributed by atoms with van der Waals surface area (Å²) in [6.45, 7) is 10.4. The van der Waals surface area contributed by atoms with Crippen LogP contribution in [-0.4, -0.2) is 52.7 Å². The average Bonchev–Trinajstić information content (AvgIpc) is 2.80. The highest BCUT2D eigenvalue weighted by atomic mass is 79.9. The van der Waals surface area contributed by atoms with E-state index in [0.29, 0.717) is 18.1 Å². The second kappa shape index (κ2) is 8.57. The fourth-order valence-electron chi connectivity index (χ4n) is 4.13. The molecule has 1 aromatic carbocycles. The average molecular weight is 505 g/mol.